The number of nitrogens with zero attached hydrogens (tertiary/aromatic N) is 1. The summed E-state index contributed by atoms with van der Waals surface area (Å²) in [5.41, 5.74) is 2.42. The Morgan fingerprint density at radius 2 is 1.81 bits per heavy atom. The molecule has 1 N–H and O–H groups in total. The number of ether oxygens (including phenoxy) is 1. The maximum atomic E-state index is 12.7. The average Bonchev–Trinajstić information content (AvgIpc) is 2.66. The lowest BCUT2D eigenvalue weighted by Gasteiger charge is -2.12. The number of hydrogen-bond donors (Lipinski definition) is 1. The number of nitrogens with one attached hydrogen (secondary N) is 1. The second-order valence-corrected chi connectivity index (χ2v) is 6.74. The first-order valence-electron chi connectivity index (χ1n) is 8.98. The fourth-order valence-corrected chi connectivity index (χ4v) is 2.71. The molecule has 0 aliphatic rings. The molecule has 3 rings (SSSR count). The number of pyridine rings is 1. The molecule has 0 aliphatic heterocycles. The van der Waals surface area contributed by atoms with Crippen molar-refractivity contribution in [2.75, 3.05) is 6.54 Å². The Morgan fingerprint density at radius 1 is 1.08 bits per heavy atom. The number of amides is 1. The second kappa shape index (κ2) is 8.48. The molecule has 134 valence electrons. The Hall–Kier alpha value is -2.88. The van der Waals surface area contributed by atoms with Gasteiger partial charge < -0.3 is 10.1 Å². The molecule has 0 fully saturated rings. The number of carbonyl (C=O) groups is 1. The van der Waals surface area contributed by atoms with Gasteiger partial charge in [-0.3, -0.25) is 4.79 Å². The molecule has 0 unspecified atom stereocenters. The van der Waals surface area contributed by atoms with Crippen LogP contribution in [0.25, 0.3) is 10.9 Å². The first-order chi connectivity index (χ1) is 12.6. The van der Waals surface area contributed by atoms with Crippen LogP contribution >= 0.6 is 0 Å². The van der Waals surface area contributed by atoms with Gasteiger partial charge in [0.05, 0.1) is 11.1 Å². The Bertz CT molecular complexity index is 876. The number of benzene rings is 2. The van der Waals surface area contributed by atoms with Crippen LogP contribution in [0.15, 0.2) is 60.7 Å². The SMILES string of the molecule is CC(C)CCNC(=O)c1cc(OCc2ccccc2)nc2ccccc12. The summed E-state index contributed by atoms with van der Waals surface area (Å²) in [7, 11) is 0. The second-order valence-electron chi connectivity index (χ2n) is 6.74. The van der Waals surface area contributed by atoms with Gasteiger partial charge in [-0.15, -0.1) is 0 Å². The van der Waals surface area contributed by atoms with Crippen molar-refractivity contribution in [2.45, 2.75) is 26.9 Å². The summed E-state index contributed by atoms with van der Waals surface area (Å²) in [6, 6.07) is 19.3. The van der Waals surface area contributed by atoms with Gasteiger partial charge in [-0.1, -0.05) is 62.4 Å². The Balaban J connectivity index is 1.82. The van der Waals surface area contributed by atoms with Crippen LogP contribution in [0.5, 0.6) is 5.88 Å². The van der Waals surface area contributed by atoms with E-state index < -0.39 is 0 Å². The summed E-state index contributed by atoms with van der Waals surface area (Å²) in [5.74, 6) is 0.921. The largest absolute Gasteiger partial charge is 0.473 e. The van der Waals surface area contributed by atoms with Crippen molar-refractivity contribution in [2.24, 2.45) is 5.92 Å². The summed E-state index contributed by atoms with van der Waals surface area (Å²) >= 11 is 0. The average molecular weight is 348 g/mol. The van der Waals surface area contributed by atoms with Crippen LogP contribution in [0.3, 0.4) is 0 Å². The molecule has 0 saturated carbocycles. The van der Waals surface area contributed by atoms with Gasteiger partial charge >= 0.3 is 0 Å². The summed E-state index contributed by atoms with van der Waals surface area (Å²) < 4.78 is 5.84. The van der Waals surface area contributed by atoms with E-state index in [1.54, 1.807) is 6.07 Å². The monoisotopic (exact) mass is 348 g/mol. The minimum Gasteiger partial charge on any atom is -0.473 e. The molecule has 1 aromatic heterocycles. The smallest absolute Gasteiger partial charge is 0.252 e. The normalized spacial score (nSPS) is 10.9. The Labute approximate surface area is 154 Å². The van der Waals surface area contributed by atoms with Gasteiger partial charge in [0.1, 0.15) is 6.61 Å². The molecule has 4 heteroatoms. The molecule has 26 heavy (non-hydrogen) atoms. The van der Waals surface area contributed by atoms with Crippen LogP contribution in [-0.4, -0.2) is 17.4 Å². The van der Waals surface area contributed by atoms with Crippen molar-refractivity contribution in [3.8, 4) is 5.88 Å². The summed E-state index contributed by atoms with van der Waals surface area (Å²) in [5, 5.41) is 3.84. The lowest BCUT2D eigenvalue weighted by molar-refractivity contribution is 0.0953. The molecule has 0 saturated heterocycles. The van der Waals surface area contributed by atoms with Crippen LogP contribution < -0.4 is 10.1 Å². The summed E-state index contributed by atoms with van der Waals surface area (Å²) in [6.07, 6.45) is 0.951. The minimum atomic E-state index is -0.0891. The Morgan fingerprint density at radius 3 is 2.58 bits per heavy atom. The van der Waals surface area contributed by atoms with Gasteiger partial charge in [0, 0.05) is 18.0 Å². The van der Waals surface area contributed by atoms with Crippen LogP contribution in [0.4, 0.5) is 0 Å². The van der Waals surface area contributed by atoms with E-state index in [4.69, 9.17) is 4.74 Å². The van der Waals surface area contributed by atoms with E-state index in [1.165, 1.54) is 0 Å². The van der Waals surface area contributed by atoms with E-state index in [9.17, 15) is 4.79 Å². The molecule has 1 amide bonds. The number of carbonyl (C=O) groups excluding carboxylic acids is 1. The number of para-hydroxylation sites is 1. The van der Waals surface area contributed by atoms with E-state index in [0.29, 0.717) is 30.5 Å². The van der Waals surface area contributed by atoms with Crippen molar-refractivity contribution < 1.29 is 9.53 Å². The van der Waals surface area contributed by atoms with E-state index in [2.05, 4.69) is 24.1 Å². The quantitative estimate of drug-likeness (QED) is 0.679. The third-order valence-corrected chi connectivity index (χ3v) is 4.17. The summed E-state index contributed by atoms with van der Waals surface area (Å²) in [6.45, 7) is 5.36. The molecule has 3 aromatic rings. The molecule has 4 nitrogen and oxygen atoms in total. The zero-order valence-corrected chi connectivity index (χ0v) is 15.2. The first kappa shape index (κ1) is 17.9. The molecule has 0 aliphatic carbocycles. The van der Waals surface area contributed by atoms with Crippen molar-refractivity contribution in [3.05, 3.63) is 71.8 Å². The van der Waals surface area contributed by atoms with Crippen LogP contribution in [0, 0.1) is 5.92 Å². The van der Waals surface area contributed by atoms with Crippen LogP contribution in [0.1, 0.15) is 36.2 Å². The van der Waals surface area contributed by atoms with E-state index in [1.807, 2.05) is 54.6 Å². The molecule has 1 heterocycles. The molecular formula is C22H24N2O2. The summed E-state index contributed by atoms with van der Waals surface area (Å²) in [4.78, 5) is 17.2. The van der Waals surface area contributed by atoms with E-state index >= 15 is 0 Å². The number of rotatable bonds is 7. The van der Waals surface area contributed by atoms with Crippen molar-refractivity contribution >= 4 is 16.8 Å². The highest BCUT2D eigenvalue weighted by Crippen LogP contribution is 2.22. The number of aromatic nitrogens is 1. The van der Waals surface area contributed by atoms with Gasteiger partial charge in [-0.25, -0.2) is 4.98 Å². The highest BCUT2D eigenvalue weighted by Gasteiger charge is 2.13. The van der Waals surface area contributed by atoms with E-state index in [-0.39, 0.29) is 5.91 Å². The van der Waals surface area contributed by atoms with Gasteiger partial charge in [-0.2, -0.15) is 0 Å². The number of hydrogen-bond acceptors (Lipinski definition) is 3. The van der Waals surface area contributed by atoms with Gasteiger partial charge in [0.25, 0.3) is 5.91 Å². The van der Waals surface area contributed by atoms with E-state index in [0.717, 1.165) is 22.9 Å². The van der Waals surface area contributed by atoms with Crippen LogP contribution in [0.2, 0.25) is 0 Å². The third-order valence-electron chi connectivity index (χ3n) is 4.17. The first-order valence-corrected chi connectivity index (χ1v) is 8.98. The molecule has 0 spiro atoms. The lowest BCUT2D eigenvalue weighted by Crippen LogP contribution is -2.25. The van der Waals surface area contributed by atoms with Crippen molar-refractivity contribution in [1.82, 2.24) is 10.3 Å². The standard InChI is InChI=1S/C22H24N2O2/c1-16(2)12-13-23-22(25)19-14-21(24-20-11-7-6-10-18(19)20)26-15-17-8-4-3-5-9-17/h3-11,14,16H,12-13,15H2,1-2H3,(H,23,25). The van der Waals surface area contributed by atoms with Crippen molar-refractivity contribution in [3.63, 3.8) is 0 Å². The zero-order chi connectivity index (χ0) is 18.4. The lowest BCUT2D eigenvalue weighted by atomic mass is 10.1. The molecular weight excluding hydrogens is 324 g/mol. The minimum absolute atomic E-state index is 0.0891. The van der Waals surface area contributed by atoms with Gasteiger partial charge in [0.15, 0.2) is 0 Å². The predicted octanol–water partition coefficient (Wildman–Crippen LogP) is 4.59. The molecule has 2 aromatic carbocycles. The van der Waals surface area contributed by atoms with Crippen molar-refractivity contribution in [1.29, 1.82) is 0 Å². The number of fused-ring (bicyclic) bond motifs is 1. The fourth-order valence-electron chi connectivity index (χ4n) is 2.71. The zero-order valence-electron chi connectivity index (χ0n) is 15.2. The molecule has 0 radical (unpaired) electrons. The van der Waals surface area contributed by atoms with Gasteiger partial charge in [-0.05, 0) is 24.0 Å². The molecule has 0 bridgehead atoms. The maximum Gasteiger partial charge on any atom is 0.252 e. The van der Waals surface area contributed by atoms with Crippen LogP contribution in [-0.2, 0) is 6.61 Å². The van der Waals surface area contributed by atoms with Gasteiger partial charge in [0.2, 0.25) is 5.88 Å². The Kier molecular flexibility index (Phi) is 5.84. The highest BCUT2D eigenvalue weighted by molar-refractivity contribution is 6.06. The maximum absolute atomic E-state index is 12.7. The fraction of sp³-hybridized carbons (Fsp3) is 0.273. The topological polar surface area (TPSA) is 51.2 Å². The predicted molar refractivity (Wildman–Crippen MR) is 104 cm³/mol. The highest BCUT2D eigenvalue weighted by atomic mass is 16.5. The molecule has 0 atom stereocenters. The third kappa shape index (κ3) is 4.60.